The first-order valence-corrected chi connectivity index (χ1v) is 7.58. The van der Waals surface area contributed by atoms with E-state index in [1.807, 2.05) is 13.0 Å². The molecule has 3 nitrogen and oxygen atoms in total. The second kappa shape index (κ2) is 5.80. The average molecular weight is 269 g/mol. The third-order valence-corrected chi connectivity index (χ3v) is 3.94. The summed E-state index contributed by atoms with van der Waals surface area (Å²) in [7, 11) is 0. The van der Waals surface area contributed by atoms with E-state index in [1.165, 1.54) is 18.4 Å². The Hall–Kier alpha value is -1.61. The molecule has 1 fully saturated rings. The smallest absolute Gasteiger partial charge is 0.0642 e. The summed E-state index contributed by atoms with van der Waals surface area (Å²) in [6, 6.07) is 9.00. The first-order valence-electron chi connectivity index (χ1n) is 7.58. The van der Waals surface area contributed by atoms with Crippen molar-refractivity contribution in [3.63, 3.8) is 0 Å². The molecule has 0 amide bonds. The normalized spacial score (nSPS) is 16.3. The van der Waals surface area contributed by atoms with E-state index in [4.69, 9.17) is 0 Å². The van der Waals surface area contributed by atoms with Crippen molar-refractivity contribution in [3.8, 4) is 0 Å². The van der Waals surface area contributed by atoms with Crippen LogP contribution >= 0.6 is 0 Å². The van der Waals surface area contributed by atoms with E-state index in [2.05, 4.69) is 52.4 Å². The van der Waals surface area contributed by atoms with Crippen LogP contribution in [0.25, 0.3) is 0 Å². The van der Waals surface area contributed by atoms with Crippen molar-refractivity contribution in [1.82, 2.24) is 14.9 Å². The highest BCUT2D eigenvalue weighted by atomic mass is 15.0. The highest BCUT2D eigenvalue weighted by Crippen LogP contribution is 2.41. The van der Waals surface area contributed by atoms with E-state index in [0.29, 0.717) is 6.04 Å². The monoisotopic (exact) mass is 269 g/mol. The predicted octanol–water partition coefficient (Wildman–Crippen LogP) is 3.30. The Morgan fingerprint density at radius 3 is 2.90 bits per heavy atom. The SMILES string of the molecule is CCNC(c1ccn(Cc2cccc(C)n2)c1)C1CC1. The van der Waals surface area contributed by atoms with Crippen LogP contribution in [0.2, 0.25) is 0 Å². The molecule has 1 aliphatic rings. The quantitative estimate of drug-likeness (QED) is 0.872. The molecule has 2 aromatic rings. The number of aromatic nitrogens is 2. The largest absolute Gasteiger partial charge is 0.348 e. The summed E-state index contributed by atoms with van der Waals surface area (Å²) in [6.07, 6.45) is 7.17. The summed E-state index contributed by atoms with van der Waals surface area (Å²) in [5.74, 6) is 0.836. The molecule has 20 heavy (non-hydrogen) atoms. The number of rotatable bonds is 6. The molecule has 0 aromatic carbocycles. The van der Waals surface area contributed by atoms with Gasteiger partial charge in [-0.1, -0.05) is 13.0 Å². The molecule has 1 unspecified atom stereocenters. The average Bonchev–Trinajstić information content (AvgIpc) is 3.16. The Morgan fingerprint density at radius 2 is 2.20 bits per heavy atom. The molecule has 2 aromatic heterocycles. The lowest BCUT2D eigenvalue weighted by atomic mass is 10.1. The zero-order chi connectivity index (χ0) is 13.9. The Balaban J connectivity index is 1.72. The lowest BCUT2D eigenvalue weighted by molar-refractivity contribution is 0.495. The maximum Gasteiger partial charge on any atom is 0.0642 e. The van der Waals surface area contributed by atoms with Crippen molar-refractivity contribution >= 4 is 0 Å². The zero-order valence-corrected chi connectivity index (χ0v) is 12.3. The number of hydrogen-bond donors (Lipinski definition) is 1. The maximum atomic E-state index is 4.57. The lowest BCUT2D eigenvalue weighted by Crippen LogP contribution is -2.22. The van der Waals surface area contributed by atoms with E-state index in [0.717, 1.165) is 30.4 Å². The molecular weight excluding hydrogens is 246 g/mol. The van der Waals surface area contributed by atoms with Gasteiger partial charge in [0.1, 0.15) is 0 Å². The van der Waals surface area contributed by atoms with Gasteiger partial charge in [0.15, 0.2) is 0 Å². The van der Waals surface area contributed by atoms with Gasteiger partial charge in [0.25, 0.3) is 0 Å². The Bertz CT molecular complexity index is 569. The van der Waals surface area contributed by atoms with Crippen molar-refractivity contribution in [2.45, 2.75) is 39.3 Å². The van der Waals surface area contributed by atoms with Crippen LogP contribution in [0.1, 0.15) is 42.8 Å². The van der Waals surface area contributed by atoms with Crippen LogP contribution in [0.3, 0.4) is 0 Å². The first kappa shape index (κ1) is 13.4. The third kappa shape index (κ3) is 3.10. The minimum absolute atomic E-state index is 0.534. The Morgan fingerprint density at radius 1 is 1.35 bits per heavy atom. The topological polar surface area (TPSA) is 29.9 Å². The fourth-order valence-corrected chi connectivity index (χ4v) is 2.82. The van der Waals surface area contributed by atoms with Crippen molar-refractivity contribution in [1.29, 1.82) is 0 Å². The van der Waals surface area contributed by atoms with Crippen molar-refractivity contribution in [2.75, 3.05) is 6.54 Å². The molecule has 1 saturated carbocycles. The molecule has 0 aliphatic heterocycles. The minimum Gasteiger partial charge on any atom is -0.348 e. The molecule has 0 saturated heterocycles. The fourth-order valence-electron chi connectivity index (χ4n) is 2.82. The minimum atomic E-state index is 0.534. The molecule has 3 heteroatoms. The highest BCUT2D eigenvalue weighted by molar-refractivity contribution is 5.19. The van der Waals surface area contributed by atoms with Crippen LogP contribution in [0, 0.1) is 12.8 Å². The Kier molecular flexibility index (Phi) is 3.88. The fraction of sp³-hybridized carbons (Fsp3) is 0.471. The van der Waals surface area contributed by atoms with Gasteiger partial charge in [0, 0.05) is 24.1 Å². The van der Waals surface area contributed by atoms with Gasteiger partial charge in [-0.15, -0.1) is 0 Å². The van der Waals surface area contributed by atoms with Gasteiger partial charge in [0.2, 0.25) is 0 Å². The molecule has 106 valence electrons. The standard InChI is InChI=1S/C17H23N3/c1-3-18-17(14-7-8-14)15-9-10-20(11-15)12-16-6-4-5-13(2)19-16/h4-6,9-11,14,17-18H,3,7-8,12H2,1-2H3. The third-order valence-electron chi connectivity index (χ3n) is 3.94. The van der Waals surface area contributed by atoms with Gasteiger partial charge in [-0.2, -0.15) is 0 Å². The van der Waals surface area contributed by atoms with Gasteiger partial charge >= 0.3 is 0 Å². The van der Waals surface area contributed by atoms with Crippen LogP contribution in [-0.4, -0.2) is 16.1 Å². The second-order valence-corrected chi connectivity index (χ2v) is 5.76. The van der Waals surface area contributed by atoms with Crippen LogP contribution in [0.4, 0.5) is 0 Å². The second-order valence-electron chi connectivity index (χ2n) is 5.76. The van der Waals surface area contributed by atoms with Crippen LogP contribution in [0.5, 0.6) is 0 Å². The van der Waals surface area contributed by atoms with Crippen molar-refractivity contribution < 1.29 is 0 Å². The number of hydrogen-bond acceptors (Lipinski definition) is 2. The van der Waals surface area contributed by atoms with Gasteiger partial charge in [-0.25, -0.2) is 0 Å². The molecule has 1 atom stereocenters. The van der Waals surface area contributed by atoms with E-state index in [1.54, 1.807) is 0 Å². The van der Waals surface area contributed by atoms with E-state index in [-0.39, 0.29) is 0 Å². The summed E-state index contributed by atoms with van der Waals surface area (Å²) in [6.45, 7) is 6.11. The van der Waals surface area contributed by atoms with Crippen LogP contribution in [-0.2, 0) is 6.54 Å². The summed E-state index contributed by atoms with van der Waals surface area (Å²) < 4.78 is 2.24. The number of pyridine rings is 1. The van der Waals surface area contributed by atoms with Crippen molar-refractivity contribution in [3.05, 3.63) is 53.6 Å². The van der Waals surface area contributed by atoms with E-state index in [9.17, 15) is 0 Å². The molecule has 0 bridgehead atoms. The van der Waals surface area contributed by atoms with E-state index >= 15 is 0 Å². The predicted molar refractivity (Wildman–Crippen MR) is 81.6 cm³/mol. The van der Waals surface area contributed by atoms with Gasteiger partial charge in [-0.05, 0) is 56.0 Å². The summed E-state index contributed by atoms with van der Waals surface area (Å²) in [5.41, 5.74) is 3.62. The number of nitrogens with zero attached hydrogens (tertiary/aromatic N) is 2. The van der Waals surface area contributed by atoms with Gasteiger partial charge < -0.3 is 9.88 Å². The highest BCUT2D eigenvalue weighted by Gasteiger charge is 2.31. The van der Waals surface area contributed by atoms with Crippen LogP contribution in [0.15, 0.2) is 36.7 Å². The Labute approximate surface area is 121 Å². The molecule has 1 N–H and O–H groups in total. The first-order chi connectivity index (χ1) is 9.76. The van der Waals surface area contributed by atoms with Gasteiger partial charge in [-0.3, -0.25) is 4.98 Å². The summed E-state index contributed by atoms with van der Waals surface area (Å²) in [4.78, 5) is 4.57. The summed E-state index contributed by atoms with van der Waals surface area (Å²) >= 11 is 0. The number of aryl methyl sites for hydroxylation is 1. The van der Waals surface area contributed by atoms with Gasteiger partial charge in [0.05, 0.1) is 12.2 Å². The molecule has 3 rings (SSSR count). The van der Waals surface area contributed by atoms with Crippen molar-refractivity contribution in [2.24, 2.45) is 5.92 Å². The number of nitrogens with one attached hydrogen (secondary N) is 1. The van der Waals surface area contributed by atoms with E-state index < -0.39 is 0 Å². The zero-order valence-electron chi connectivity index (χ0n) is 12.3. The molecule has 1 aliphatic carbocycles. The lowest BCUT2D eigenvalue weighted by Gasteiger charge is -2.15. The summed E-state index contributed by atoms with van der Waals surface area (Å²) in [5, 5.41) is 3.62. The van der Waals surface area contributed by atoms with Crippen LogP contribution < -0.4 is 5.32 Å². The molecule has 2 heterocycles. The molecule has 0 spiro atoms. The maximum absolute atomic E-state index is 4.57. The molecule has 0 radical (unpaired) electrons. The molecular formula is C17H23N3.